The molecule has 0 aromatic heterocycles. The fourth-order valence-corrected chi connectivity index (χ4v) is 3.16. The summed E-state index contributed by atoms with van der Waals surface area (Å²) in [5.74, 6) is -0.704. The lowest BCUT2D eigenvalue weighted by atomic mass is 10.0. The van der Waals surface area contributed by atoms with Crippen LogP contribution in [-0.2, 0) is 15.8 Å². The molecule has 0 aliphatic carbocycles. The van der Waals surface area contributed by atoms with Gasteiger partial charge in [-0.2, -0.15) is 13.2 Å². The molecule has 1 heterocycles. The van der Waals surface area contributed by atoms with Gasteiger partial charge in [0.1, 0.15) is 0 Å². The van der Waals surface area contributed by atoms with Crippen LogP contribution in [0.25, 0.3) is 0 Å². The normalized spacial score (nSPS) is 17.3. The molecule has 1 aliphatic heterocycles. The average molecular weight is 390 g/mol. The van der Waals surface area contributed by atoms with Crippen molar-refractivity contribution < 1.29 is 22.8 Å². The molecule has 2 amide bonds. The molecule has 1 fully saturated rings. The van der Waals surface area contributed by atoms with Crippen molar-refractivity contribution >= 4 is 23.2 Å². The molecule has 1 aliphatic rings. The lowest BCUT2D eigenvalue weighted by Gasteiger charge is -2.18. The SMILES string of the molecule is CC(C)c1ccc(N2CC(C(=O)Nc3ccc(C(F)(F)F)cc3)CC2=O)cc1. The van der Waals surface area contributed by atoms with E-state index in [9.17, 15) is 22.8 Å². The first-order valence-corrected chi connectivity index (χ1v) is 9.03. The average Bonchev–Trinajstić information content (AvgIpc) is 3.03. The Morgan fingerprint density at radius 2 is 1.68 bits per heavy atom. The van der Waals surface area contributed by atoms with Crippen molar-refractivity contribution in [1.29, 1.82) is 0 Å². The summed E-state index contributed by atoms with van der Waals surface area (Å²) in [5.41, 5.74) is 1.38. The van der Waals surface area contributed by atoms with Crippen LogP contribution in [0.4, 0.5) is 24.5 Å². The molecule has 2 aromatic rings. The Morgan fingerprint density at radius 1 is 1.07 bits per heavy atom. The fourth-order valence-electron chi connectivity index (χ4n) is 3.16. The highest BCUT2D eigenvalue weighted by molar-refractivity contribution is 6.03. The van der Waals surface area contributed by atoms with Gasteiger partial charge in [0.15, 0.2) is 0 Å². The first-order valence-electron chi connectivity index (χ1n) is 9.03. The second kappa shape index (κ2) is 7.66. The zero-order valence-electron chi connectivity index (χ0n) is 15.6. The zero-order chi connectivity index (χ0) is 20.5. The van der Waals surface area contributed by atoms with Crippen molar-refractivity contribution in [2.24, 2.45) is 5.92 Å². The number of alkyl halides is 3. The molecular weight excluding hydrogens is 369 g/mol. The number of nitrogens with zero attached hydrogens (tertiary/aromatic N) is 1. The highest BCUT2D eigenvalue weighted by Crippen LogP contribution is 2.31. The minimum Gasteiger partial charge on any atom is -0.326 e. The van der Waals surface area contributed by atoms with Gasteiger partial charge in [0.2, 0.25) is 11.8 Å². The number of hydrogen-bond acceptors (Lipinski definition) is 2. The number of benzene rings is 2. The van der Waals surface area contributed by atoms with E-state index in [1.807, 2.05) is 24.3 Å². The maximum Gasteiger partial charge on any atom is 0.416 e. The van der Waals surface area contributed by atoms with E-state index in [-0.39, 0.29) is 30.5 Å². The highest BCUT2D eigenvalue weighted by atomic mass is 19.4. The van der Waals surface area contributed by atoms with Gasteiger partial charge < -0.3 is 10.2 Å². The molecule has 28 heavy (non-hydrogen) atoms. The molecular formula is C21H21F3N2O2. The molecule has 0 saturated carbocycles. The molecule has 148 valence electrons. The van der Waals surface area contributed by atoms with Crippen molar-refractivity contribution in [3.63, 3.8) is 0 Å². The van der Waals surface area contributed by atoms with Gasteiger partial charge in [-0.3, -0.25) is 9.59 Å². The monoisotopic (exact) mass is 390 g/mol. The van der Waals surface area contributed by atoms with Crippen molar-refractivity contribution in [2.45, 2.75) is 32.4 Å². The van der Waals surface area contributed by atoms with Gasteiger partial charge in [-0.15, -0.1) is 0 Å². The number of anilines is 2. The van der Waals surface area contributed by atoms with E-state index in [2.05, 4.69) is 19.2 Å². The molecule has 1 saturated heterocycles. The van der Waals surface area contributed by atoms with Gasteiger partial charge >= 0.3 is 6.18 Å². The Bertz CT molecular complexity index is 859. The number of rotatable bonds is 4. The Kier molecular flexibility index (Phi) is 5.45. The van der Waals surface area contributed by atoms with Gasteiger partial charge in [-0.1, -0.05) is 26.0 Å². The van der Waals surface area contributed by atoms with Crippen LogP contribution >= 0.6 is 0 Å². The van der Waals surface area contributed by atoms with E-state index in [0.717, 1.165) is 23.4 Å². The van der Waals surface area contributed by atoms with Crippen molar-refractivity contribution in [1.82, 2.24) is 0 Å². The number of amides is 2. The predicted octanol–water partition coefficient (Wildman–Crippen LogP) is 4.82. The minimum atomic E-state index is -4.42. The Labute approximate surface area is 161 Å². The van der Waals surface area contributed by atoms with Crippen LogP contribution in [0.3, 0.4) is 0 Å². The van der Waals surface area contributed by atoms with E-state index < -0.39 is 17.7 Å². The van der Waals surface area contributed by atoms with Gasteiger partial charge in [0.05, 0.1) is 11.5 Å². The predicted molar refractivity (Wildman–Crippen MR) is 101 cm³/mol. The van der Waals surface area contributed by atoms with E-state index in [4.69, 9.17) is 0 Å². The summed E-state index contributed by atoms with van der Waals surface area (Å²) in [6.07, 6.45) is -4.36. The molecule has 1 N–H and O–H groups in total. The standard InChI is InChI=1S/C21H21F3N2O2/c1-13(2)14-3-9-18(10-4-14)26-12-15(11-19(26)27)20(28)25-17-7-5-16(6-8-17)21(22,23)24/h3-10,13,15H,11-12H2,1-2H3,(H,25,28). The summed E-state index contributed by atoms with van der Waals surface area (Å²) in [6, 6.07) is 11.9. The maximum absolute atomic E-state index is 12.6. The first kappa shape index (κ1) is 19.9. The van der Waals surface area contributed by atoms with Gasteiger partial charge in [0, 0.05) is 24.3 Å². The van der Waals surface area contributed by atoms with Crippen LogP contribution in [0, 0.1) is 5.92 Å². The molecule has 7 heteroatoms. The number of hydrogen-bond donors (Lipinski definition) is 1. The molecule has 0 bridgehead atoms. The molecule has 2 aromatic carbocycles. The number of carbonyl (C=O) groups excluding carboxylic acids is 2. The molecule has 3 rings (SSSR count). The summed E-state index contributed by atoms with van der Waals surface area (Å²) in [4.78, 5) is 26.4. The lowest BCUT2D eigenvalue weighted by Crippen LogP contribution is -2.28. The van der Waals surface area contributed by atoms with E-state index in [1.54, 1.807) is 4.90 Å². The zero-order valence-corrected chi connectivity index (χ0v) is 15.6. The second-order valence-electron chi connectivity index (χ2n) is 7.22. The largest absolute Gasteiger partial charge is 0.416 e. The van der Waals surface area contributed by atoms with Crippen molar-refractivity contribution in [3.8, 4) is 0 Å². The summed E-state index contributed by atoms with van der Waals surface area (Å²) in [7, 11) is 0. The quantitative estimate of drug-likeness (QED) is 0.814. The molecule has 1 atom stereocenters. The van der Waals surface area contributed by atoms with Crippen molar-refractivity contribution in [3.05, 3.63) is 59.7 Å². The third kappa shape index (κ3) is 4.35. The first-order chi connectivity index (χ1) is 13.1. The summed E-state index contributed by atoms with van der Waals surface area (Å²) in [5, 5.41) is 2.59. The molecule has 1 unspecified atom stereocenters. The summed E-state index contributed by atoms with van der Waals surface area (Å²) >= 11 is 0. The third-order valence-electron chi connectivity index (χ3n) is 4.85. The Balaban J connectivity index is 1.65. The fraction of sp³-hybridized carbons (Fsp3) is 0.333. The number of carbonyl (C=O) groups is 2. The van der Waals surface area contributed by atoms with Gasteiger partial charge in [-0.05, 0) is 47.9 Å². The van der Waals surface area contributed by atoms with Gasteiger partial charge in [-0.25, -0.2) is 0 Å². The van der Waals surface area contributed by atoms with Gasteiger partial charge in [0.25, 0.3) is 0 Å². The number of halogens is 3. The third-order valence-corrected chi connectivity index (χ3v) is 4.85. The smallest absolute Gasteiger partial charge is 0.326 e. The van der Waals surface area contributed by atoms with Crippen LogP contribution < -0.4 is 10.2 Å². The molecule has 4 nitrogen and oxygen atoms in total. The van der Waals surface area contributed by atoms with Crippen LogP contribution in [0.5, 0.6) is 0 Å². The topological polar surface area (TPSA) is 49.4 Å². The summed E-state index contributed by atoms with van der Waals surface area (Å²) < 4.78 is 37.8. The second-order valence-corrected chi connectivity index (χ2v) is 7.22. The van der Waals surface area contributed by atoms with Crippen LogP contribution in [0.2, 0.25) is 0 Å². The Morgan fingerprint density at radius 3 is 2.21 bits per heavy atom. The van der Waals surface area contributed by atoms with Crippen LogP contribution in [0.1, 0.15) is 37.3 Å². The van der Waals surface area contributed by atoms with Crippen LogP contribution in [0.15, 0.2) is 48.5 Å². The van der Waals surface area contributed by atoms with E-state index in [1.165, 1.54) is 12.1 Å². The molecule has 0 radical (unpaired) electrons. The van der Waals surface area contributed by atoms with E-state index >= 15 is 0 Å². The minimum absolute atomic E-state index is 0.0679. The lowest BCUT2D eigenvalue weighted by molar-refractivity contribution is -0.137. The molecule has 0 spiro atoms. The van der Waals surface area contributed by atoms with Crippen molar-refractivity contribution in [2.75, 3.05) is 16.8 Å². The Hall–Kier alpha value is -2.83. The highest BCUT2D eigenvalue weighted by Gasteiger charge is 2.35. The van der Waals surface area contributed by atoms with Crippen LogP contribution in [-0.4, -0.2) is 18.4 Å². The summed E-state index contributed by atoms with van der Waals surface area (Å²) in [6.45, 7) is 4.40. The number of nitrogens with one attached hydrogen (secondary N) is 1. The maximum atomic E-state index is 12.6. The van der Waals surface area contributed by atoms with E-state index in [0.29, 0.717) is 5.92 Å².